The maximum absolute atomic E-state index is 11.6. The van der Waals surface area contributed by atoms with Crippen molar-refractivity contribution in [1.29, 1.82) is 0 Å². The lowest BCUT2D eigenvalue weighted by atomic mass is 10.1. The number of nitrogens with one attached hydrogen (secondary N) is 1. The Balaban J connectivity index is 3.33. The first-order valence-electron chi connectivity index (χ1n) is 4.58. The Labute approximate surface area is 82.5 Å². The summed E-state index contributed by atoms with van der Waals surface area (Å²) in [6, 6.07) is -0.314. The van der Waals surface area contributed by atoms with E-state index in [1.807, 2.05) is 13.8 Å². The van der Waals surface area contributed by atoms with Crippen LogP contribution in [-0.2, 0) is 0 Å². The molecule has 5 nitrogen and oxygen atoms in total. The number of nitrogens with two attached hydrogens (primary N) is 2. The number of rotatable bonds is 2. The van der Waals surface area contributed by atoms with E-state index in [1.165, 1.54) is 0 Å². The summed E-state index contributed by atoms with van der Waals surface area (Å²) in [5.74, 6) is 0.765. The summed E-state index contributed by atoms with van der Waals surface area (Å²) in [7, 11) is 0. The van der Waals surface area contributed by atoms with Gasteiger partial charge >= 0.3 is 0 Å². The van der Waals surface area contributed by atoms with Crippen LogP contribution in [0.25, 0.3) is 0 Å². The van der Waals surface area contributed by atoms with Gasteiger partial charge in [0.1, 0.15) is 11.6 Å². The Hall–Kier alpha value is -1.36. The van der Waals surface area contributed by atoms with Gasteiger partial charge in [-0.25, -0.2) is 4.98 Å². The fourth-order valence-corrected chi connectivity index (χ4v) is 1.29. The molecule has 78 valence electrons. The average Bonchev–Trinajstić information content (AvgIpc) is 2.01. The molecule has 0 bridgehead atoms. The van der Waals surface area contributed by atoms with E-state index >= 15 is 0 Å². The monoisotopic (exact) mass is 196 g/mol. The summed E-state index contributed by atoms with van der Waals surface area (Å²) in [5.41, 5.74) is 11.6. The zero-order valence-electron chi connectivity index (χ0n) is 8.66. The molecule has 5 N–H and O–H groups in total. The smallest absolute Gasteiger partial charge is 0.256 e. The number of H-pyrrole nitrogens is 1. The number of hydrogen-bond acceptors (Lipinski definition) is 4. The van der Waals surface area contributed by atoms with Gasteiger partial charge in [-0.1, -0.05) is 13.8 Å². The second-order valence-electron chi connectivity index (χ2n) is 3.69. The van der Waals surface area contributed by atoms with Crippen LogP contribution in [0.5, 0.6) is 0 Å². The van der Waals surface area contributed by atoms with E-state index in [2.05, 4.69) is 9.97 Å². The van der Waals surface area contributed by atoms with E-state index < -0.39 is 0 Å². The summed E-state index contributed by atoms with van der Waals surface area (Å²) in [6.45, 7) is 5.54. The SMILES string of the molecule is CC(C)c1c(N)nc(C(C)N)[nH]c1=O. The molecule has 5 heteroatoms. The molecule has 0 saturated carbocycles. The quantitative estimate of drug-likeness (QED) is 0.641. The zero-order chi connectivity index (χ0) is 10.9. The molecule has 0 aliphatic rings. The second kappa shape index (κ2) is 3.79. The third kappa shape index (κ3) is 1.93. The van der Waals surface area contributed by atoms with E-state index in [9.17, 15) is 4.79 Å². The van der Waals surface area contributed by atoms with E-state index in [4.69, 9.17) is 11.5 Å². The van der Waals surface area contributed by atoms with Gasteiger partial charge in [0.05, 0.1) is 11.6 Å². The number of nitrogen functional groups attached to an aromatic ring is 1. The minimum absolute atomic E-state index is 0.0633. The molecule has 14 heavy (non-hydrogen) atoms. The number of nitrogens with zero attached hydrogens (tertiary/aromatic N) is 1. The van der Waals surface area contributed by atoms with Crippen molar-refractivity contribution in [2.45, 2.75) is 32.7 Å². The number of aromatic amines is 1. The maximum Gasteiger partial charge on any atom is 0.256 e. The maximum atomic E-state index is 11.6. The van der Waals surface area contributed by atoms with Crippen LogP contribution < -0.4 is 17.0 Å². The fourth-order valence-electron chi connectivity index (χ4n) is 1.29. The molecule has 1 heterocycles. The largest absolute Gasteiger partial charge is 0.383 e. The molecule has 0 spiro atoms. The van der Waals surface area contributed by atoms with Crippen molar-refractivity contribution in [2.24, 2.45) is 5.73 Å². The predicted molar refractivity (Wildman–Crippen MR) is 56.0 cm³/mol. The lowest BCUT2D eigenvalue weighted by molar-refractivity contribution is 0.720. The minimum Gasteiger partial charge on any atom is -0.383 e. The summed E-state index contributed by atoms with van der Waals surface area (Å²) in [4.78, 5) is 18.3. The normalized spacial score (nSPS) is 13.2. The summed E-state index contributed by atoms with van der Waals surface area (Å²) >= 11 is 0. The molecule has 1 rings (SSSR count). The van der Waals surface area contributed by atoms with Crippen LogP contribution in [0.3, 0.4) is 0 Å². The van der Waals surface area contributed by atoms with Crippen LogP contribution in [0, 0.1) is 0 Å². The molecule has 0 aliphatic heterocycles. The first kappa shape index (κ1) is 10.7. The van der Waals surface area contributed by atoms with Crippen molar-refractivity contribution in [3.8, 4) is 0 Å². The van der Waals surface area contributed by atoms with Crippen molar-refractivity contribution in [1.82, 2.24) is 9.97 Å². The Kier molecular flexibility index (Phi) is 2.90. The molecule has 0 radical (unpaired) electrons. The molecule has 0 saturated heterocycles. The van der Waals surface area contributed by atoms with Gasteiger partial charge in [0.25, 0.3) is 5.56 Å². The van der Waals surface area contributed by atoms with Crippen LogP contribution in [0.15, 0.2) is 4.79 Å². The summed E-state index contributed by atoms with van der Waals surface area (Å²) < 4.78 is 0. The Morgan fingerprint density at radius 2 is 1.93 bits per heavy atom. The van der Waals surface area contributed by atoms with Crippen molar-refractivity contribution in [3.63, 3.8) is 0 Å². The van der Waals surface area contributed by atoms with E-state index in [-0.39, 0.29) is 23.3 Å². The van der Waals surface area contributed by atoms with Gasteiger partial charge in [0.2, 0.25) is 0 Å². The van der Waals surface area contributed by atoms with Crippen LogP contribution >= 0.6 is 0 Å². The third-order valence-electron chi connectivity index (χ3n) is 2.01. The van der Waals surface area contributed by atoms with Gasteiger partial charge in [0, 0.05) is 0 Å². The van der Waals surface area contributed by atoms with Gasteiger partial charge in [-0.3, -0.25) is 4.79 Å². The molecule has 0 amide bonds. The van der Waals surface area contributed by atoms with E-state index in [0.717, 1.165) is 0 Å². The summed E-state index contributed by atoms with van der Waals surface area (Å²) in [6.07, 6.45) is 0. The molecule has 1 aromatic rings. The molecule has 1 unspecified atom stereocenters. The van der Waals surface area contributed by atoms with Crippen molar-refractivity contribution >= 4 is 5.82 Å². The third-order valence-corrected chi connectivity index (χ3v) is 2.01. The van der Waals surface area contributed by atoms with Crippen molar-refractivity contribution < 1.29 is 0 Å². The van der Waals surface area contributed by atoms with Gasteiger partial charge in [-0.05, 0) is 12.8 Å². The van der Waals surface area contributed by atoms with E-state index in [0.29, 0.717) is 11.4 Å². The number of anilines is 1. The molecule has 0 aliphatic carbocycles. The average molecular weight is 196 g/mol. The zero-order valence-corrected chi connectivity index (χ0v) is 8.66. The van der Waals surface area contributed by atoms with Crippen LogP contribution in [0.4, 0.5) is 5.82 Å². The van der Waals surface area contributed by atoms with Crippen LogP contribution in [0.2, 0.25) is 0 Å². The first-order valence-corrected chi connectivity index (χ1v) is 4.58. The fraction of sp³-hybridized carbons (Fsp3) is 0.556. The highest BCUT2D eigenvalue weighted by atomic mass is 16.1. The highest BCUT2D eigenvalue weighted by Gasteiger charge is 2.13. The predicted octanol–water partition coefficient (Wildman–Crippen LogP) is 0.495. The van der Waals surface area contributed by atoms with Crippen molar-refractivity contribution in [2.75, 3.05) is 5.73 Å². The Morgan fingerprint density at radius 3 is 2.29 bits per heavy atom. The van der Waals surface area contributed by atoms with Crippen molar-refractivity contribution in [3.05, 3.63) is 21.7 Å². The van der Waals surface area contributed by atoms with E-state index in [1.54, 1.807) is 6.92 Å². The topological polar surface area (TPSA) is 97.8 Å². The van der Waals surface area contributed by atoms with Gasteiger partial charge < -0.3 is 16.5 Å². The Bertz CT molecular complexity index is 381. The number of hydrogen-bond donors (Lipinski definition) is 3. The molecular weight excluding hydrogens is 180 g/mol. The lowest BCUT2D eigenvalue weighted by Crippen LogP contribution is -2.23. The van der Waals surface area contributed by atoms with Crippen LogP contribution in [0.1, 0.15) is 44.1 Å². The van der Waals surface area contributed by atoms with Gasteiger partial charge in [-0.2, -0.15) is 0 Å². The molecular formula is C9H16N4O. The molecule has 1 atom stereocenters. The minimum atomic E-state index is -0.314. The second-order valence-corrected chi connectivity index (χ2v) is 3.69. The first-order chi connectivity index (χ1) is 6.43. The molecule has 1 aromatic heterocycles. The lowest BCUT2D eigenvalue weighted by Gasteiger charge is -2.10. The van der Waals surface area contributed by atoms with Crippen LogP contribution in [-0.4, -0.2) is 9.97 Å². The standard InChI is InChI=1S/C9H16N4O/c1-4(2)6-7(11)12-8(5(3)10)13-9(6)14/h4-5H,10H2,1-3H3,(H3,11,12,13,14). The van der Waals surface area contributed by atoms with Gasteiger partial charge in [0.15, 0.2) is 0 Å². The van der Waals surface area contributed by atoms with Gasteiger partial charge in [-0.15, -0.1) is 0 Å². The summed E-state index contributed by atoms with van der Waals surface area (Å²) in [5, 5.41) is 0. The highest BCUT2D eigenvalue weighted by molar-refractivity contribution is 5.39. The Morgan fingerprint density at radius 1 is 1.36 bits per heavy atom. The number of aromatic nitrogens is 2. The molecule has 0 aromatic carbocycles. The molecule has 0 fully saturated rings. The highest BCUT2D eigenvalue weighted by Crippen LogP contribution is 2.15.